The fourth-order valence-corrected chi connectivity index (χ4v) is 0.799. The Morgan fingerprint density at radius 1 is 1.83 bits per heavy atom. The van der Waals surface area contributed by atoms with Crippen LogP contribution in [0.1, 0.15) is 18.5 Å². The van der Waals surface area contributed by atoms with Gasteiger partial charge >= 0.3 is 5.69 Å². The van der Waals surface area contributed by atoms with Crippen LogP contribution < -0.4 is 11.4 Å². The third-order valence-electron chi connectivity index (χ3n) is 1.45. The highest BCUT2D eigenvalue weighted by atomic mass is 16.1. The lowest BCUT2D eigenvalue weighted by Crippen LogP contribution is -2.15. The summed E-state index contributed by atoms with van der Waals surface area (Å²) in [5, 5.41) is 8.54. The number of rotatable bonds is 1. The molecule has 12 heavy (non-hydrogen) atoms. The average Bonchev–Trinajstić information content (AvgIpc) is 2.01. The van der Waals surface area contributed by atoms with Crippen molar-refractivity contribution >= 4 is 5.82 Å². The predicted octanol–water partition coefficient (Wildman–Crippen LogP) is -0.0208. The molecule has 0 saturated carbocycles. The first-order valence-electron chi connectivity index (χ1n) is 3.40. The third kappa shape index (κ3) is 1.61. The van der Waals surface area contributed by atoms with Crippen molar-refractivity contribution in [3.8, 4) is 6.07 Å². The van der Waals surface area contributed by atoms with Gasteiger partial charge in [0.15, 0.2) is 0 Å². The van der Waals surface area contributed by atoms with E-state index in [0.717, 1.165) is 0 Å². The maximum absolute atomic E-state index is 10.8. The van der Waals surface area contributed by atoms with Crippen molar-refractivity contribution in [3.05, 3.63) is 22.2 Å². The highest BCUT2D eigenvalue weighted by Crippen LogP contribution is 2.09. The highest BCUT2D eigenvalue weighted by Gasteiger charge is 2.05. The van der Waals surface area contributed by atoms with Gasteiger partial charge in [0.25, 0.3) is 0 Å². The van der Waals surface area contributed by atoms with E-state index in [1.54, 1.807) is 6.92 Å². The first-order chi connectivity index (χ1) is 5.63. The molecule has 0 amide bonds. The van der Waals surface area contributed by atoms with Crippen LogP contribution in [0.4, 0.5) is 5.82 Å². The third-order valence-corrected chi connectivity index (χ3v) is 1.45. The lowest BCUT2D eigenvalue weighted by molar-refractivity contribution is 0.885. The van der Waals surface area contributed by atoms with E-state index >= 15 is 0 Å². The zero-order valence-electron chi connectivity index (χ0n) is 6.53. The molecule has 0 spiro atoms. The number of nitrogen functional groups attached to an aromatic ring is 1. The molecule has 1 unspecified atom stereocenters. The Kier molecular flexibility index (Phi) is 2.10. The number of hydrogen-bond donors (Lipinski definition) is 2. The second kappa shape index (κ2) is 3.05. The molecule has 5 heteroatoms. The second-order valence-electron chi connectivity index (χ2n) is 2.42. The van der Waals surface area contributed by atoms with Crippen LogP contribution in [-0.2, 0) is 0 Å². The summed E-state index contributed by atoms with van der Waals surface area (Å²) in [5.41, 5.74) is 5.29. The summed E-state index contributed by atoms with van der Waals surface area (Å²) in [6.45, 7) is 1.67. The molecule has 0 aliphatic heterocycles. The Morgan fingerprint density at radius 3 is 3.00 bits per heavy atom. The minimum atomic E-state index is -0.521. The largest absolute Gasteiger partial charge is 0.383 e. The zero-order chi connectivity index (χ0) is 9.14. The SMILES string of the molecule is CC(C#N)c1cc(N)nc(=O)[nH]1. The van der Waals surface area contributed by atoms with Crippen molar-refractivity contribution in [2.24, 2.45) is 0 Å². The number of H-pyrrole nitrogens is 1. The van der Waals surface area contributed by atoms with E-state index in [4.69, 9.17) is 11.0 Å². The van der Waals surface area contributed by atoms with Gasteiger partial charge in [-0.15, -0.1) is 0 Å². The van der Waals surface area contributed by atoms with Crippen LogP contribution in [0.3, 0.4) is 0 Å². The number of nitrogens with one attached hydrogen (secondary N) is 1. The Morgan fingerprint density at radius 2 is 2.50 bits per heavy atom. The smallest absolute Gasteiger partial charge is 0.347 e. The second-order valence-corrected chi connectivity index (χ2v) is 2.42. The van der Waals surface area contributed by atoms with Crippen molar-refractivity contribution in [3.63, 3.8) is 0 Å². The predicted molar refractivity (Wildman–Crippen MR) is 43.3 cm³/mol. The number of aromatic amines is 1. The minimum Gasteiger partial charge on any atom is -0.383 e. The molecule has 0 saturated heterocycles. The topological polar surface area (TPSA) is 95.6 Å². The Hall–Kier alpha value is -1.83. The molecule has 0 aromatic carbocycles. The number of aromatic nitrogens is 2. The number of nitrogens with two attached hydrogens (primary N) is 1. The summed E-state index contributed by atoms with van der Waals surface area (Å²) in [7, 11) is 0. The van der Waals surface area contributed by atoms with Crippen molar-refractivity contribution in [2.45, 2.75) is 12.8 Å². The van der Waals surface area contributed by atoms with Gasteiger partial charge in [0.05, 0.1) is 12.0 Å². The van der Waals surface area contributed by atoms with Crippen molar-refractivity contribution in [1.82, 2.24) is 9.97 Å². The van der Waals surface area contributed by atoms with Crippen LogP contribution >= 0.6 is 0 Å². The molecular weight excluding hydrogens is 156 g/mol. The minimum absolute atomic E-state index is 0.135. The van der Waals surface area contributed by atoms with Crippen LogP contribution in [-0.4, -0.2) is 9.97 Å². The number of anilines is 1. The molecule has 1 aromatic rings. The van der Waals surface area contributed by atoms with E-state index < -0.39 is 5.69 Å². The summed E-state index contributed by atoms with van der Waals surface area (Å²) in [5.74, 6) is -0.237. The highest BCUT2D eigenvalue weighted by molar-refractivity contribution is 5.30. The molecule has 1 heterocycles. The standard InChI is InChI=1S/C7H8N4O/c1-4(3-8)5-2-6(9)11-7(12)10-5/h2,4H,1H3,(H3,9,10,11,12). The molecule has 5 nitrogen and oxygen atoms in total. The Balaban J connectivity index is 3.19. The summed E-state index contributed by atoms with van der Waals surface area (Å²) >= 11 is 0. The first kappa shape index (κ1) is 8.27. The van der Waals surface area contributed by atoms with Gasteiger partial charge in [-0.05, 0) is 6.92 Å². The van der Waals surface area contributed by atoms with Gasteiger partial charge in [-0.1, -0.05) is 0 Å². The van der Waals surface area contributed by atoms with Crippen molar-refractivity contribution in [2.75, 3.05) is 5.73 Å². The van der Waals surface area contributed by atoms with Crippen LogP contribution in [0.5, 0.6) is 0 Å². The van der Waals surface area contributed by atoms with Crippen molar-refractivity contribution < 1.29 is 0 Å². The van der Waals surface area contributed by atoms with E-state index in [2.05, 4.69) is 9.97 Å². The van der Waals surface area contributed by atoms with Gasteiger partial charge in [-0.3, -0.25) is 0 Å². The quantitative estimate of drug-likeness (QED) is 0.609. The molecule has 0 fully saturated rings. The molecule has 1 aromatic heterocycles. The van der Waals surface area contributed by atoms with E-state index in [9.17, 15) is 4.79 Å². The molecule has 1 atom stereocenters. The van der Waals surface area contributed by atoms with E-state index in [-0.39, 0.29) is 11.7 Å². The molecule has 0 bridgehead atoms. The Bertz CT molecular complexity index is 376. The molecule has 1 rings (SSSR count). The number of nitrogens with zero attached hydrogens (tertiary/aromatic N) is 2. The summed E-state index contributed by atoms with van der Waals surface area (Å²) < 4.78 is 0. The molecule has 0 aliphatic carbocycles. The van der Waals surface area contributed by atoms with E-state index in [1.807, 2.05) is 6.07 Å². The fraction of sp³-hybridized carbons (Fsp3) is 0.286. The maximum Gasteiger partial charge on any atom is 0.347 e. The molecule has 62 valence electrons. The average molecular weight is 164 g/mol. The monoisotopic (exact) mass is 164 g/mol. The molecule has 3 N–H and O–H groups in total. The summed E-state index contributed by atoms with van der Waals surface area (Å²) in [6, 6.07) is 3.46. The van der Waals surface area contributed by atoms with Gasteiger partial charge in [0.2, 0.25) is 0 Å². The maximum atomic E-state index is 10.8. The van der Waals surface area contributed by atoms with Gasteiger partial charge in [-0.25, -0.2) is 4.79 Å². The van der Waals surface area contributed by atoms with Gasteiger partial charge in [0.1, 0.15) is 5.82 Å². The fourth-order valence-electron chi connectivity index (χ4n) is 0.799. The van der Waals surface area contributed by atoms with Crippen molar-refractivity contribution in [1.29, 1.82) is 5.26 Å². The Labute approximate surface area is 68.9 Å². The van der Waals surface area contributed by atoms with Crippen LogP contribution in [0.15, 0.2) is 10.9 Å². The number of hydrogen-bond acceptors (Lipinski definition) is 4. The summed E-state index contributed by atoms with van der Waals surface area (Å²) in [4.78, 5) is 16.6. The zero-order valence-corrected chi connectivity index (χ0v) is 6.53. The van der Waals surface area contributed by atoms with Crippen LogP contribution in [0.25, 0.3) is 0 Å². The van der Waals surface area contributed by atoms with E-state index in [1.165, 1.54) is 6.07 Å². The lowest BCUT2D eigenvalue weighted by atomic mass is 10.1. The lowest BCUT2D eigenvalue weighted by Gasteiger charge is -2.01. The van der Waals surface area contributed by atoms with Gasteiger partial charge in [0, 0.05) is 11.8 Å². The van der Waals surface area contributed by atoms with Crippen LogP contribution in [0.2, 0.25) is 0 Å². The van der Waals surface area contributed by atoms with Gasteiger partial charge < -0.3 is 10.7 Å². The van der Waals surface area contributed by atoms with E-state index in [0.29, 0.717) is 5.69 Å². The van der Waals surface area contributed by atoms with Gasteiger partial charge in [-0.2, -0.15) is 10.2 Å². The molecule has 0 aliphatic rings. The first-order valence-corrected chi connectivity index (χ1v) is 3.40. The molecule has 0 radical (unpaired) electrons. The molecular formula is C7H8N4O. The van der Waals surface area contributed by atoms with Crippen LogP contribution in [0, 0.1) is 11.3 Å². The normalized spacial score (nSPS) is 12.0. The summed E-state index contributed by atoms with van der Waals surface area (Å²) in [6.07, 6.45) is 0. The number of nitriles is 1.